The molecule has 0 atom stereocenters. The molecule has 0 aromatic carbocycles. The van der Waals surface area contributed by atoms with Crippen molar-refractivity contribution in [2.45, 2.75) is 13.2 Å². The number of nitrogen functional groups attached to an aromatic ring is 1. The first-order valence-corrected chi connectivity index (χ1v) is 7.04. The van der Waals surface area contributed by atoms with Crippen LogP contribution in [-0.2, 0) is 34.8 Å². The number of aromatic nitrogens is 2. The highest BCUT2D eigenvalue weighted by Gasteiger charge is 2.15. The molecule has 0 saturated heterocycles. The second-order valence-electron chi connectivity index (χ2n) is 3.88. The van der Waals surface area contributed by atoms with Crippen molar-refractivity contribution in [2.24, 2.45) is 7.05 Å². The largest absolute Gasteiger partial charge is 0.393 e. The third-order valence-corrected chi connectivity index (χ3v) is 3.41. The maximum Gasteiger partial charge on any atom is 0.290 e. The molecule has 17 heavy (non-hydrogen) atoms. The van der Waals surface area contributed by atoms with Crippen LogP contribution in [0.15, 0.2) is 4.79 Å². The first kappa shape index (κ1) is 13.8. The molecule has 0 bridgehead atoms. The molecule has 8 heteroatoms. The summed E-state index contributed by atoms with van der Waals surface area (Å²) >= 11 is 0. The van der Waals surface area contributed by atoms with E-state index in [1.807, 2.05) is 0 Å². The van der Waals surface area contributed by atoms with Gasteiger partial charge in [-0.25, -0.2) is 13.1 Å². The Labute approximate surface area is 99.7 Å². The first-order valence-electron chi connectivity index (χ1n) is 4.98. The fraction of sp³-hybridized carbons (Fsp3) is 0.667. The number of anilines is 1. The third kappa shape index (κ3) is 3.10. The van der Waals surface area contributed by atoms with Crippen LogP contribution < -0.4 is 11.3 Å². The van der Waals surface area contributed by atoms with E-state index in [-0.39, 0.29) is 30.2 Å². The molecule has 0 amide bonds. The van der Waals surface area contributed by atoms with E-state index in [1.165, 1.54) is 16.5 Å². The molecule has 0 radical (unpaired) electrons. The van der Waals surface area contributed by atoms with Crippen molar-refractivity contribution < 1.29 is 13.2 Å². The van der Waals surface area contributed by atoms with Gasteiger partial charge in [-0.2, -0.15) is 0 Å². The van der Waals surface area contributed by atoms with Crippen molar-refractivity contribution in [3.63, 3.8) is 0 Å². The average molecular weight is 263 g/mol. The van der Waals surface area contributed by atoms with Gasteiger partial charge in [0, 0.05) is 20.4 Å². The quantitative estimate of drug-likeness (QED) is 0.732. The Morgan fingerprint density at radius 2 is 2.00 bits per heavy atom. The summed E-state index contributed by atoms with van der Waals surface area (Å²) in [7, 11) is 0.0282. The summed E-state index contributed by atoms with van der Waals surface area (Å²) in [5.74, 6) is -0.101. The number of hydrogen-bond acceptors (Lipinski definition) is 5. The third-order valence-electron chi connectivity index (χ3n) is 2.48. The molecule has 1 heterocycles. The lowest BCUT2D eigenvalue weighted by molar-refractivity contribution is 0.176. The van der Waals surface area contributed by atoms with Gasteiger partial charge in [-0.15, -0.1) is 0 Å². The number of hydrogen-bond donors (Lipinski definition) is 1. The number of nitrogens with two attached hydrogens (primary N) is 1. The van der Waals surface area contributed by atoms with Crippen LogP contribution in [0.2, 0.25) is 0 Å². The van der Waals surface area contributed by atoms with Crippen LogP contribution in [0, 0.1) is 0 Å². The van der Waals surface area contributed by atoms with Gasteiger partial charge < -0.3 is 10.5 Å². The van der Waals surface area contributed by atoms with E-state index in [4.69, 9.17) is 10.5 Å². The molecule has 0 saturated carbocycles. The highest BCUT2D eigenvalue weighted by Crippen LogP contribution is 2.08. The zero-order valence-electron chi connectivity index (χ0n) is 10.1. The summed E-state index contributed by atoms with van der Waals surface area (Å²) in [4.78, 5) is 11.8. The van der Waals surface area contributed by atoms with Crippen molar-refractivity contribution in [3.8, 4) is 0 Å². The zero-order chi connectivity index (χ0) is 13.2. The molecule has 2 N–H and O–H groups in total. The number of rotatable bonds is 5. The summed E-state index contributed by atoms with van der Waals surface area (Å²) in [5, 5.41) is 0. The van der Waals surface area contributed by atoms with Crippen LogP contribution in [-0.4, -0.2) is 36.9 Å². The molecule has 7 nitrogen and oxygen atoms in total. The van der Waals surface area contributed by atoms with Crippen LogP contribution in [0.5, 0.6) is 0 Å². The molecular weight excluding hydrogens is 246 g/mol. The molecule has 0 spiro atoms. The molecule has 1 rings (SSSR count). The summed E-state index contributed by atoms with van der Waals surface area (Å²) in [6, 6.07) is 0. The van der Waals surface area contributed by atoms with Crippen molar-refractivity contribution in [3.05, 3.63) is 16.0 Å². The van der Waals surface area contributed by atoms with E-state index in [1.54, 1.807) is 7.05 Å². The van der Waals surface area contributed by atoms with Crippen molar-refractivity contribution in [1.82, 2.24) is 9.36 Å². The van der Waals surface area contributed by atoms with Crippen LogP contribution in [0.4, 0.5) is 5.69 Å². The molecule has 1 aromatic heterocycles. The van der Waals surface area contributed by atoms with Crippen molar-refractivity contribution in [2.75, 3.05) is 24.9 Å². The van der Waals surface area contributed by atoms with Crippen LogP contribution >= 0.6 is 0 Å². The number of sulfone groups is 1. The lowest BCUT2D eigenvalue weighted by Gasteiger charge is -2.08. The molecule has 0 unspecified atom stereocenters. The minimum atomic E-state index is -3.12. The Hall–Kier alpha value is -1.28. The number of methoxy groups -OCH3 is 1. The predicted molar refractivity (Wildman–Crippen MR) is 64.5 cm³/mol. The predicted octanol–water partition coefficient (Wildman–Crippen LogP) is -1.04. The smallest absolute Gasteiger partial charge is 0.290 e. The Morgan fingerprint density at radius 3 is 2.47 bits per heavy atom. The Bertz CT molecular complexity index is 556. The van der Waals surface area contributed by atoms with Gasteiger partial charge in [-0.3, -0.25) is 9.48 Å². The maximum absolute atomic E-state index is 11.8. The maximum atomic E-state index is 11.8. The monoisotopic (exact) mass is 263 g/mol. The van der Waals surface area contributed by atoms with Crippen molar-refractivity contribution >= 4 is 15.5 Å². The molecule has 98 valence electrons. The summed E-state index contributed by atoms with van der Waals surface area (Å²) in [5.41, 5.74) is 5.91. The fourth-order valence-electron chi connectivity index (χ4n) is 1.53. The molecule has 1 aromatic rings. The van der Waals surface area contributed by atoms with Crippen LogP contribution in [0.25, 0.3) is 0 Å². The number of ether oxygens (including phenoxy) is 1. The van der Waals surface area contributed by atoms with Crippen LogP contribution in [0.3, 0.4) is 0 Å². The summed E-state index contributed by atoms with van der Waals surface area (Å²) < 4.78 is 29.9. The summed E-state index contributed by atoms with van der Waals surface area (Å²) in [6.07, 6.45) is 1.13. The normalized spacial score (nSPS) is 11.9. The van der Waals surface area contributed by atoms with Gasteiger partial charge in [0.2, 0.25) is 0 Å². The fourth-order valence-corrected chi connectivity index (χ4v) is 2.04. The van der Waals surface area contributed by atoms with Gasteiger partial charge in [0.25, 0.3) is 5.56 Å². The van der Waals surface area contributed by atoms with Gasteiger partial charge in [0.15, 0.2) is 0 Å². The minimum Gasteiger partial charge on any atom is -0.393 e. The zero-order valence-corrected chi connectivity index (χ0v) is 11.0. The molecule has 0 aliphatic rings. The standard InChI is InChI=1S/C9H17N3O4S/c1-11-7(6-16-2)8(10)9(13)12(11)4-5-17(3,14)15/h4-6,10H2,1-3H3. The highest BCUT2D eigenvalue weighted by atomic mass is 32.2. The number of nitrogens with zero attached hydrogens (tertiary/aromatic N) is 2. The molecule has 0 aliphatic heterocycles. The van der Waals surface area contributed by atoms with Crippen LogP contribution in [0.1, 0.15) is 5.69 Å². The molecule has 0 fully saturated rings. The minimum absolute atomic E-state index is 0.0854. The first-order chi connectivity index (χ1) is 7.78. The van der Waals surface area contributed by atoms with Gasteiger partial charge in [-0.05, 0) is 0 Å². The van der Waals surface area contributed by atoms with E-state index in [2.05, 4.69) is 0 Å². The van der Waals surface area contributed by atoms with Crippen molar-refractivity contribution in [1.29, 1.82) is 0 Å². The second-order valence-corrected chi connectivity index (χ2v) is 6.13. The molecular formula is C9H17N3O4S. The topological polar surface area (TPSA) is 96.3 Å². The Morgan fingerprint density at radius 1 is 1.41 bits per heavy atom. The highest BCUT2D eigenvalue weighted by molar-refractivity contribution is 7.90. The Kier molecular flexibility index (Phi) is 3.99. The van der Waals surface area contributed by atoms with E-state index >= 15 is 0 Å². The van der Waals surface area contributed by atoms with E-state index in [0.717, 1.165) is 6.26 Å². The van der Waals surface area contributed by atoms with E-state index in [9.17, 15) is 13.2 Å². The lowest BCUT2D eigenvalue weighted by atomic mass is 10.4. The van der Waals surface area contributed by atoms with E-state index < -0.39 is 9.84 Å². The SMILES string of the molecule is COCc1c(N)c(=O)n(CCS(C)(=O)=O)n1C. The van der Waals surface area contributed by atoms with Gasteiger partial charge in [0.05, 0.1) is 24.6 Å². The lowest BCUT2D eigenvalue weighted by Crippen LogP contribution is -2.26. The van der Waals surface area contributed by atoms with Gasteiger partial charge in [-0.1, -0.05) is 0 Å². The summed E-state index contributed by atoms with van der Waals surface area (Å²) in [6.45, 7) is 0.297. The second kappa shape index (κ2) is 4.92. The van der Waals surface area contributed by atoms with Gasteiger partial charge >= 0.3 is 0 Å². The Balaban J connectivity index is 3.09. The average Bonchev–Trinajstić information content (AvgIpc) is 2.40. The van der Waals surface area contributed by atoms with Gasteiger partial charge in [0.1, 0.15) is 15.5 Å². The van der Waals surface area contributed by atoms with E-state index in [0.29, 0.717) is 5.69 Å². The molecule has 0 aliphatic carbocycles.